The average molecular weight is 1030 g/mol. The van der Waals surface area contributed by atoms with Crippen LogP contribution in [0.3, 0.4) is 0 Å². The molecule has 1 aliphatic carbocycles. The van der Waals surface area contributed by atoms with Crippen molar-refractivity contribution in [3.8, 4) is 33.2 Å². The Morgan fingerprint density at radius 1 is 0.986 bits per heavy atom. The van der Waals surface area contributed by atoms with Gasteiger partial charge in [-0.2, -0.15) is 0 Å². The maximum Gasteiger partial charge on any atom is 0.258 e. The van der Waals surface area contributed by atoms with Gasteiger partial charge in [-0.1, -0.05) is 45.0 Å². The first-order chi connectivity index (χ1) is 35.5. The maximum absolute atomic E-state index is 14.7. The van der Waals surface area contributed by atoms with E-state index in [4.69, 9.17) is 14.7 Å². The molecule has 5 aromatic rings. The molecule has 9 rings (SSSR count). The van der Waals surface area contributed by atoms with Gasteiger partial charge in [0.15, 0.2) is 11.5 Å². The number of thiazole rings is 1. The molecule has 1 saturated carbocycles. The van der Waals surface area contributed by atoms with Crippen molar-refractivity contribution in [3.63, 3.8) is 0 Å². The van der Waals surface area contributed by atoms with E-state index in [1.165, 1.54) is 4.90 Å². The highest BCUT2D eigenvalue weighted by molar-refractivity contribution is 7.13. The summed E-state index contributed by atoms with van der Waals surface area (Å²) in [6.07, 6.45) is 5.21. The minimum atomic E-state index is -1.97. The van der Waals surface area contributed by atoms with Crippen molar-refractivity contribution >= 4 is 46.5 Å². The lowest BCUT2D eigenvalue weighted by Gasteiger charge is -2.41. The minimum absolute atomic E-state index is 0.0325. The molecule has 0 unspecified atom stereocenters. The number of phenolic OH excluding ortho intramolecular Hbond substituents is 1. The predicted octanol–water partition coefficient (Wildman–Crippen LogP) is 6.09. The lowest BCUT2D eigenvalue weighted by Crippen LogP contribution is -2.59. The highest BCUT2D eigenvalue weighted by Gasteiger charge is 2.53. The van der Waals surface area contributed by atoms with E-state index >= 15 is 0 Å². The number of piperazine rings is 1. The molecule has 3 amide bonds. The summed E-state index contributed by atoms with van der Waals surface area (Å²) in [5.41, 5.74) is 5.00. The fourth-order valence-electron chi connectivity index (χ4n) is 10.3. The van der Waals surface area contributed by atoms with E-state index < -0.39 is 47.0 Å². The first-order valence-electron chi connectivity index (χ1n) is 25.9. The number of hydrogen-bond acceptors (Lipinski definition) is 16. The van der Waals surface area contributed by atoms with E-state index in [1.807, 2.05) is 68.1 Å². The number of aliphatic hydroxyl groups excluding tert-OH is 1. The molecule has 0 bridgehead atoms. The third-order valence-electron chi connectivity index (χ3n) is 14.8. The third-order valence-corrected chi connectivity index (χ3v) is 15.8. The number of carbonyl (C=O) groups excluding carboxylic acids is 3. The third kappa shape index (κ3) is 11.7. The Kier molecular flexibility index (Phi) is 15.7. The number of carbonyl (C=O) groups is 3. The van der Waals surface area contributed by atoms with E-state index in [0.29, 0.717) is 54.4 Å². The summed E-state index contributed by atoms with van der Waals surface area (Å²) >= 11 is 1.54. The summed E-state index contributed by atoms with van der Waals surface area (Å²) in [4.78, 5) is 64.2. The molecular weight excluding hydrogens is 964 g/mol. The van der Waals surface area contributed by atoms with Crippen molar-refractivity contribution in [1.29, 1.82) is 0 Å². The van der Waals surface area contributed by atoms with Gasteiger partial charge in [0.05, 0.1) is 33.6 Å². The number of amides is 3. The molecule has 394 valence electrons. The largest absolute Gasteiger partial charge is 0.507 e. The first-order valence-corrected chi connectivity index (χ1v) is 26.8. The predicted molar refractivity (Wildman–Crippen MR) is 283 cm³/mol. The number of benzene rings is 2. The lowest BCUT2D eigenvalue weighted by atomic mass is 9.85. The number of nitrogens with one attached hydrogen (secondary N) is 3. The van der Waals surface area contributed by atoms with Gasteiger partial charge < -0.3 is 45.6 Å². The number of phenols is 1. The maximum atomic E-state index is 14.7. The zero-order valence-electron chi connectivity index (χ0n) is 43.2. The van der Waals surface area contributed by atoms with Gasteiger partial charge in [-0.05, 0) is 106 Å². The van der Waals surface area contributed by atoms with Gasteiger partial charge in [-0.3, -0.25) is 19.3 Å². The van der Waals surface area contributed by atoms with Crippen LogP contribution in [-0.4, -0.2) is 152 Å². The number of aliphatic hydroxyl groups is 1. The number of nitrogens with zero attached hydrogens (tertiary/aromatic N) is 9. The van der Waals surface area contributed by atoms with Crippen molar-refractivity contribution in [3.05, 3.63) is 83.3 Å². The van der Waals surface area contributed by atoms with Crippen LogP contribution < -0.4 is 30.5 Å². The topological polar surface area (TPSA) is 214 Å². The Morgan fingerprint density at radius 3 is 2.42 bits per heavy atom. The summed E-state index contributed by atoms with van der Waals surface area (Å²) in [5.74, 6) is 0.751. The molecule has 2 aromatic carbocycles. The number of aromatic nitrogens is 5. The van der Waals surface area contributed by atoms with Crippen molar-refractivity contribution in [2.24, 2.45) is 5.41 Å². The molecule has 3 saturated heterocycles. The smallest absolute Gasteiger partial charge is 0.258 e. The zero-order chi connectivity index (χ0) is 52.3. The highest BCUT2D eigenvalue weighted by Crippen LogP contribution is 2.41. The number of ether oxygens (including phenoxy) is 1. The van der Waals surface area contributed by atoms with Crippen molar-refractivity contribution in [2.45, 2.75) is 116 Å². The van der Waals surface area contributed by atoms with Crippen molar-refractivity contribution < 1.29 is 33.7 Å². The van der Waals surface area contributed by atoms with Gasteiger partial charge in [0.2, 0.25) is 17.8 Å². The summed E-state index contributed by atoms with van der Waals surface area (Å²) < 4.78 is 21.2. The molecule has 3 aromatic heterocycles. The fraction of sp³-hybridized carbons (Fsp3) is 0.519. The highest BCUT2D eigenvalue weighted by atomic mass is 32.1. The SMILES string of the molecule is CCNc1nnc(-c2ccccc2O)cc1N1CCN(c2ncc(C3CCN(CCOc4cc(-c5scnc5C)ccc4CNC(=O)[C@@H]4C[C@@H](O)CN4C(=O)[C@@H](NC(=O)C4(F)CC4)C(C)(C)C)CC3)cn2)C[C@@H]1C. The van der Waals surface area contributed by atoms with E-state index in [9.17, 15) is 29.0 Å². The Labute approximate surface area is 436 Å². The molecule has 20 heteroatoms. The van der Waals surface area contributed by atoms with Gasteiger partial charge in [-0.15, -0.1) is 21.5 Å². The van der Waals surface area contributed by atoms with Crippen molar-refractivity contribution in [1.82, 2.24) is 45.6 Å². The molecule has 18 nitrogen and oxygen atoms in total. The number of β-amino-alcohol motifs (C(OH)–C–C–N with tert-alkyl or cyclic N) is 1. The second kappa shape index (κ2) is 22.1. The van der Waals surface area contributed by atoms with E-state index in [0.717, 1.165) is 78.5 Å². The van der Waals surface area contributed by atoms with Crippen LogP contribution in [0.25, 0.3) is 21.7 Å². The number of alkyl halides is 1. The number of hydrogen-bond donors (Lipinski definition) is 5. The minimum Gasteiger partial charge on any atom is -0.507 e. The fourth-order valence-corrected chi connectivity index (χ4v) is 11.1. The molecule has 74 heavy (non-hydrogen) atoms. The Bertz CT molecular complexity index is 2800. The van der Waals surface area contributed by atoms with Crippen LogP contribution in [0.4, 0.5) is 21.8 Å². The number of para-hydroxylation sites is 1. The van der Waals surface area contributed by atoms with Gasteiger partial charge in [0.25, 0.3) is 5.91 Å². The molecule has 4 fully saturated rings. The number of likely N-dealkylation sites (tertiary alicyclic amines) is 2. The number of aromatic hydroxyl groups is 1. The van der Waals surface area contributed by atoms with Crippen LogP contribution in [0.15, 0.2) is 66.4 Å². The van der Waals surface area contributed by atoms with Gasteiger partial charge >= 0.3 is 0 Å². The molecule has 0 spiro atoms. The standard InChI is InChI=1S/C54H69FN12O6S/c1-7-56-48-42(26-41(62-63-48)40-10-8-9-11-44(40)69)66-21-20-65(30-33(66)2)52-58-28-38(29-59-52)35-14-18-64(19-15-35)22-23-73-45-24-36(46-34(3)60-32-74-46)12-13-37(45)27-57-49(70)43-25-39(68)31-67(43)50(71)47(53(4,5)6)61-51(72)54(55)16-17-54/h8-13,24,26,28-29,32-33,35,39,43,47,68-69H,7,14-23,25,27,30-31H2,1-6H3,(H,56,63)(H,57,70)(H,61,72)/t33-,39+,43-,47+/m0/s1. The number of piperidine rings is 1. The van der Waals surface area contributed by atoms with Gasteiger partial charge in [0.1, 0.15) is 30.2 Å². The summed E-state index contributed by atoms with van der Waals surface area (Å²) in [5, 5.41) is 39.2. The molecule has 4 aliphatic rings. The molecule has 3 aliphatic heterocycles. The van der Waals surface area contributed by atoms with Crippen LogP contribution in [0.1, 0.15) is 89.5 Å². The van der Waals surface area contributed by atoms with E-state index in [1.54, 1.807) is 44.2 Å². The van der Waals surface area contributed by atoms with Gasteiger partial charge in [0, 0.05) is 81.8 Å². The first kappa shape index (κ1) is 52.4. The van der Waals surface area contributed by atoms with Crippen LogP contribution in [0.5, 0.6) is 11.5 Å². The quantitative estimate of drug-likeness (QED) is 0.0713. The van der Waals surface area contributed by atoms with Crippen LogP contribution in [-0.2, 0) is 20.9 Å². The lowest BCUT2D eigenvalue weighted by molar-refractivity contribution is -0.145. The Balaban J connectivity index is 0.784. The van der Waals surface area contributed by atoms with E-state index in [-0.39, 0.29) is 44.1 Å². The molecule has 6 heterocycles. The molecule has 0 radical (unpaired) electrons. The summed E-state index contributed by atoms with van der Waals surface area (Å²) in [6.45, 7) is 17.3. The summed E-state index contributed by atoms with van der Waals surface area (Å²) in [7, 11) is 0. The number of anilines is 3. The second-order valence-corrected chi connectivity index (χ2v) is 22.1. The molecule has 5 N–H and O–H groups in total. The number of rotatable bonds is 17. The van der Waals surface area contributed by atoms with Crippen LogP contribution >= 0.6 is 11.3 Å². The monoisotopic (exact) mass is 1030 g/mol. The second-order valence-electron chi connectivity index (χ2n) is 21.2. The van der Waals surface area contributed by atoms with Crippen LogP contribution in [0.2, 0.25) is 0 Å². The van der Waals surface area contributed by atoms with E-state index in [2.05, 4.69) is 52.8 Å². The Morgan fingerprint density at radius 2 is 1.74 bits per heavy atom. The summed E-state index contributed by atoms with van der Waals surface area (Å²) in [6, 6.07) is 13.1. The van der Waals surface area contributed by atoms with Crippen molar-refractivity contribution in [2.75, 3.05) is 74.1 Å². The average Bonchev–Trinajstić information content (AvgIpc) is 3.80. The molecule has 4 atom stereocenters. The number of aryl methyl sites for hydroxylation is 1. The number of halogens is 1. The zero-order valence-corrected chi connectivity index (χ0v) is 44.0. The Hall–Kier alpha value is -6.51. The van der Waals surface area contributed by atoms with Crippen LogP contribution in [0, 0.1) is 12.3 Å². The molecular formula is C54H69FN12O6S. The van der Waals surface area contributed by atoms with Gasteiger partial charge in [-0.25, -0.2) is 19.3 Å². The normalized spacial score (nSPS) is 20.5.